The highest BCUT2D eigenvalue weighted by Gasteiger charge is 2.09. The Hall–Kier alpha value is -1.48. The molecule has 0 spiro atoms. The molecule has 0 aliphatic carbocycles. The van der Waals surface area contributed by atoms with Crippen LogP contribution in [0.4, 0.5) is 0 Å². The third-order valence-electron chi connectivity index (χ3n) is 2.12. The van der Waals surface area contributed by atoms with Gasteiger partial charge in [0.15, 0.2) is 5.78 Å². The highest BCUT2D eigenvalue weighted by molar-refractivity contribution is 7.16. The summed E-state index contributed by atoms with van der Waals surface area (Å²) in [7, 11) is 0. The van der Waals surface area contributed by atoms with Crippen LogP contribution in [0.1, 0.15) is 23.0 Å². The minimum atomic E-state index is 0.162. The molecule has 1 aromatic heterocycles. The standard InChI is InChI=1S/C12H11NOS/c1-2-10(14)11-8-13-12(15-11)9-6-4-3-5-7-9/h3-8H,2H2,1H3. The normalized spacial score (nSPS) is 10.2. The number of ketones is 1. The predicted molar refractivity (Wildman–Crippen MR) is 62.2 cm³/mol. The zero-order chi connectivity index (χ0) is 10.7. The number of Topliss-reactive ketones (excluding diaryl/α,β-unsaturated/α-hetero) is 1. The molecule has 2 rings (SSSR count). The van der Waals surface area contributed by atoms with E-state index in [1.54, 1.807) is 6.20 Å². The van der Waals surface area contributed by atoms with E-state index in [2.05, 4.69) is 4.98 Å². The summed E-state index contributed by atoms with van der Waals surface area (Å²) in [6, 6.07) is 9.91. The van der Waals surface area contributed by atoms with Crippen LogP contribution in [0.5, 0.6) is 0 Å². The van der Waals surface area contributed by atoms with Gasteiger partial charge < -0.3 is 0 Å². The van der Waals surface area contributed by atoms with Crippen LogP contribution in [-0.2, 0) is 0 Å². The molecule has 2 nitrogen and oxygen atoms in total. The second-order valence-corrected chi connectivity index (χ2v) is 4.20. The Labute approximate surface area is 92.6 Å². The molecule has 0 N–H and O–H groups in total. The lowest BCUT2D eigenvalue weighted by molar-refractivity contribution is 0.0992. The second kappa shape index (κ2) is 4.36. The number of carbonyl (C=O) groups is 1. The third kappa shape index (κ3) is 2.13. The van der Waals surface area contributed by atoms with Crippen molar-refractivity contribution in [3.63, 3.8) is 0 Å². The van der Waals surface area contributed by atoms with Gasteiger partial charge in [0.2, 0.25) is 0 Å². The van der Waals surface area contributed by atoms with E-state index in [0.717, 1.165) is 15.4 Å². The summed E-state index contributed by atoms with van der Waals surface area (Å²) in [5, 5.41) is 0.910. The quantitative estimate of drug-likeness (QED) is 0.737. The van der Waals surface area contributed by atoms with E-state index in [0.29, 0.717) is 6.42 Å². The number of benzene rings is 1. The summed E-state index contributed by atoms with van der Waals surface area (Å²) in [5.41, 5.74) is 1.07. The fourth-order valence-corrected chi connectivity index (χ4v) is 2.22. The second-order valence-electron chi connectivity index (χ2n) is 3.17. The van der Waals surface area contributed by atoms with Crippen LogP contribution in [0.2, 0.25) is 0 Å². The van der Waals surface area contributed by atoms with E-state index in [1.807, 2.05) is 37.3 Å². The monoisotopic (exact) mass is 217 g/mol. The molecule has 76 valence electrons. The summed E-state index contributed by atoms with van der Waals surface area (Å²) in [6.45, 7) is 1.87. The van der Waals surface area contributed by atoms with Crippen LogP contribution >= 0.6 is 11.3 Å². The largest absolute Gasteiger partial charge is 0.293 e. The summed E-state index contributed by atoms with van der Waals surface area (Å²) < 4.78 is 0. The fourth-order valence-electron chi connectivity index (χ4n) is 1.29. The predicted octanol–water partition coefficient (Wildman–Crippen LogP) is 3.40. The number of carbonyl (C=O) groups excluding carboxylic acids is 1. The molecule has 0 saturated heterocycles. The fraction of sp³-hybridized carbons (Fsp3) is 0.167. The molecule has 2 aromatic rings. The minimum Gasteiger partial charge on any atom is -0.293 e. The zero-order valence-electron chi connectivity index (χ0n) is 8.43. The summed E-state index contributed by atoms with van der Waals surface area (Å²) in [5.74, 6) is 0.162. The van der Waals surface area contributed by atoms with Crippen LogP contribution in [0.25, 0.3) is 10.6 Å². The molecule has 15 heavy (non-hydrogen) atoms. The van der Waals surface area contributed by atoms with E-state index >= 15 is 0 Å². The highest BCUT2D eigenvalue weighted by atomic mass is 32.1. The maximum atomic E-state index is 11.4. The van der Waals surface area contributed by atoms with Gasteiger partial charge in [0.05, 0.1) is 4.88 Å². The average Bonchev–Trinajstić information content (AvgIpc) is 2.78. The smallest absolute Gasteiger partial charge is 0.174 e. The van der Waals surface area contributed by atoms with E-state index in [-0.39, 0.29) is 5.78 Å². The van der Waals surface area contributed by atoms with Gasteiger partial charge in [0.25, 0.3) is 0 Å². The molecule has 0 aliphatic rings. The third-order valence-corrected chi connectivity index (χ3v) is 3.21. The zero-order valence-corrected chi connectivity index (χ0v) is 9.25. The Morgan fingerprint density at radius 1 is 1.33 bits per heavy atom. The molecule has 0 atom stereocenters. The molecule has 0 saturated carbocycles. The number of thiazole rings is 1. The van der Waals surface area contributed by atoms with Gasteiger partial charge >= 0.3 is 0 Å². The Kier molecular flexibility index (Phi) is 2.92. The molecule has 3 heteroatoms. The van der Waals surface area contributed by atoms with Gasteiger partial charge in [0.1, 0.15) is 5.01 Å². The topological polar surface area (TPSA) is 30.0 Å². The van der Waals surface area contributed by atoms with Crippen molar-refractivity contribution in [3.8, 4) is 10.6 Å². The molecule has 1 heterocycles. The molecular weight excluding hydrogens is 206 g/mol. The van der Waals surface area contributed by atoms with Crippen LogP contribution in [0.15, 0.2) is 36.5 Å². The molecule has 0 radical (unpaired) electrons. The number of aromatic nitrogens is 1. The van der Waals surface area contributed by atoms with Crippen molar-refractivity contribution < 1.29 is 4.79 Å². The molecule has 0 unspecified atom stereocenters. The molecule has 0 amide bonds. The maximum Gasteiger partial charge on any atom is 0.174 e. The lowest BCUT2D eigenvalue weighted by Gasteiger charge is -1.93. The molecule has 0 fully saturated rings. The van der Waals surface area contributed by atoms with Crippen LogP contribution in [0.3, 0.4) is 0 Å². The van der Waals surface area contributed by atoms with Gasteiger partial charge in [0, 0.05) is 18.2 Å². The van der Waals surface area contributed by atoms with Gasteiger partial charge in [-0.1, -0.05) is 37.3 Å². The van der Waals surface area contributed by atoms with E-state index in [1.165, 1.54) is 11.3 Å². The SMILES string of the molecule is CCC(=O)c1cnc(-c2ccccc2)s1. The first-order valence-electron chi connectivity index (χ1n) is 4.85. The van der Waals surface area contributed by atoms with Gasteiger partial charge in [-0.25, -0.2) is 4.98 Å². The molecule has 0 aliphatic heterocycles. The first-order valence-corrected chi connectivity index (χ1v) is 5.67. The van der Waals surface area contributed by atoms with E-state index < -0.39 is 0 Å². The molecular formula is C12H11NOS. The van der Waals surface area contributed by atoms with Crippen molar-refractivity contribution >= 4 is 17.1 Å². The van der Waals surface area contributed by atoms with E-state index in [9.17, 15) is 4.79 Å². The minimum absolute atomic E-state index is 0.162. The molecule has 1 aromatic carbocycles. The number of hydrogen-bond acceptors (Lipinski definition) is 3. The van der Waals surface area contributed by atoms with Gasteiger partial charge in [-0.05, 0) is 0 Å². The van der Waals surface area contributed by atoms with Crippen molar-refractivity contribution in [2.24, 2.45) is 0 Å². The molecule has 0 bridgehead atoms. The van der Waals surface area contributed by atoms with Crippen LogP contribution in [-0.4, -0.2) is 10.8 Å². The van der Waals surface area contributed by atoms with Gasteiger partial charge in [-0.15, -0.1) is 11.3 Å². The van der Waals surface area contributed by atoms with Crippen molar-refractivity contribution in [1.29, 1.82) is 0 Å². The van der Waals surface area contributed by atoms with Gasteiger partial charge in [-0.3, -0.25) is 4.79 Å². The Morgan fingerprint density at radius 2 is 2.07 bits per heavy atom. The Morgan fingerprint density at radius 3 is 2.73 bits per heavy atom. The van der Waals surface area contributed by atoms with Gasteiger partial charge in [-0.2, -0.15) is 0 Å². The number of nitrogens with zero attached hydrogens (tertiary/aromatic N) is 1. The first-order chi connectivity index (χ1) is 7.31. The number of rotatable bonds is 3. The van der Waals surface area contributed by atoms with Crippen molar-refractivity contribution in [3.05, 3.63) is 41.4 Å². The van der Waals surface area contributed by atoms with Crippen LogP contribution < -0.4 is 0 Å². The summed E-state index contributed by atoms with van der Waals surface area (Å²) in [6.07, 6.45) is 2.20. The Bertz CT molecular complexity index is 461. The number of hydrogen-bond donors (Lipinski definition) is 0. The van der Waals surface area contributed by atoms with Crippen molar-refractivity contribution in [2.45, 2.75) is 13.3 Å². The summed E-state index contributed by atoms with van der Waals surface area (Å²) in [4.78, 5) is 16.4. The lowest BCUT2D eigenvalue weighted by Crippen LogP contribution is -1.90. The Balaban J connectivity index is 2.32. The lowest BCUT2D eigenvalue weighted by atomic mass is 10.2. The van der Waals surface area contributed by atoms with Crippen molar-refractivity contribution in [2.75, 3.05) is 0 Å². The van der Waals surface area contributed by atoms with E-state index in [4.69, 9.17) is 0 Å². The highest BCUT2D eigenvalue weighted by Crippen LogP contribution is 2.25. The summed E-state index contributed by atoms with van der Waals surface area (Å²) >= 11 is 1.46. The first kappa shape index (κ1) is 10.1. The van der Waals surface area contributed by atoms with Crippen molar-refractivity contribution in [1.82, 2.24) is 4.98 Å². The average molecular weight is 217 g/mol. The van der Waals surface area contributed by atoms with Crippen LogP contribution in [0, 0.1) is 0 Å². The maximum absolute atomic E-state index is 11.4.